The second-order valence-corrected chi connectivity index (χ2v) is 6.71. The molecule has 0 aliphatic rings. The monoisotopic (exact) mass is 346 g/mol. The van der Waals surface area contributed by atoms with E-state index in [1.54, 1.807) is 18.2 Å². The number of carbonyl (C=O) groups excluding carboxylic acids is 2. The van der Waals surface area contributed by atoms with Crippen molar-refractivity contribution in [3.05, 3.63) is 48.5 Å². The van der Waals surface area contributed by atoms with E-state index < -0.39 is 20.1 Å². The van der Waals surface area contributed by atoms with Crippen LogP contribution < -0.4 is 20.1 Å². The quantitative estimate of drug-likeness (QED) is 0.457. The first-order valence-corrected chi connectivity index (χ1v) is 8.76. The van der Waals surface area contributed by atoms with Gasteiger partial charge in [-0.15, -0.1) is 0 Å². The second-order valence-electron chi connectivity index (χ2n) is 4.86. The number of hydrogen-bond donors (Lipinski definition) is 0. The molecule has 0 aromatic heterocycles. The van der Waals surface area contributed by atoms with Gasteiger partial charge in [-0.05, 0) is 25.1 Å². The summed E-state index contributed by atoms with van der Waals surface area (Å²) in [6.45, 7) is 5.08. The van der Waals surface area contributed by atoms with Gasteiger partial charge < -0.3 is 14.0 Å². The molecule has 0 amide bonds. The minimum Gasteiger partial charge on any atom is -0.427 e. The predicted octanol–water partition coefficient (Wildman–Crippen LogP) is 2.92. The fraction of sp³-hybridized carbons (Fsp3) is 0.222. The number of esters is 2. The molecule has 0 spiro atoms. The number of ether oxygens (including phenoxy) is 2. The largest absolute Gasteiger partial charge is 0.427 e. The Morgan fingerprint density at radius 3 is 2.21 bits per heavy atom. The summed E-state index contributed by atoms with van der Waals surface area (Å²) in [6.07, 6.45) is 0. The standard InChI is InChI=1S/C18H19O5P/c1-4-21-24(16-8-6-5-7-9-16)18-12-15(22-13(2)19)10-11-17(18)23-14(3)20/h5-12H,4H2,1-3H3. The van der Waals surface area contributed by atoms with Gasteiger partial charge in [0.25, 0.3) is 0 Å². The van der Waals surface area contributed by atoms with Crippen molar-refractivity contribution >= 4 is 30.7 Å². The van der Waals surface area contributed by atoms with E-state index in [4.69, 9.17) is 14.0 Å². The van der Waals surface area contributed by atoms with Crippen LogP contribution in [-0.4, -0.2) is 18.5 Å². The van der Waals surface area contributed by atoms with E-state index >= 15 is 0 Å². The summed E-state index contributed by atoms with van der Waals surface area (Å²) in [7, 11) is -1.21. The molecule has 0 saturated heterocycles. The smallest absolute Gasteiger partial charge is 0.308 e. The molecular weight excluding hydrogens is 327 g/mol. The Balaban J connectivity index is 2.51. The van der Waals surface area contributed by atoms with Crippen LogP contribution in [0.15, 0.2) is 48.5 Å². The lowest BCUT2D eigenvalue weighted by Crippen LogP contribution is -2.18. The van der Waals surface area contributed by atoms with Gasteiger partial charge in [0.05, 0.1) is 13.5 Å². The Labute approximate surface area is 142 Å². The summed E-state index contributed by atoms with van der Waals surface area (Å²) in [4.78, 5) is 22.6. The Morgan fingerprint density at radius 1 is 0.958 bits per heavy atom. The first kappa shape index (κ1) is 18.1. The maximum atomic E-state index is 11.4. The highest BCUT2D eigenvalue weighted by Crippen LogP contribution is 2.39. The van der Waals surface area contributed by atoms with E-state index in [-0.39, 0.29) is 0 Å². The number of benzene rings is 2. The van der Waals surface area contributed by atoms with Crippen LogP contribution >= 0.6 is 8.15 Å². The summed E-state index contributed by atoms with van der Waals surface area (Å²) in [5.41, 5.74) is 0. The van der Waals surface area contributed by atoms with E-state index in [1.165, 1.54) is 13.8 Å². The maximum absolute atomic E-state index is 11.4. The third-order valence-corrected chi connectivity index (χ3v) is 4.98. The van der Waals surface area contributed by atoms with E-state index in [0.717, 1.165) is 5.30 Å². The van der Waals surface area contributed by atoms with Crippen LogP contribution in [0.3, 0.4) is 0 Å². The second kappa shape index (κ2) is 8.57. The van der Waals surface area contributed by atoms with Crippen LogP contribution in [0, 0.1) is 0 Å². The van der Waals surface area contributed by atoms with Crippen LogP contribution in [-0.2, 0) is 14.1 Å². The fourth-order valence-corrected chi connectivity index (χ4v) is 3.93. The van der Waals surface area contributed by atoms with Gasteiger partial charge in [-0.1, -0.05) is 30.3 Å². The third kappa shape index (κ3) is 4.88. The zero-order valence-electron chi connectivity index (χ0n) is 13.8. The van der Waals surface area contributed by atoms with Gasteiger partial charge in [0.1, 0.15) is 11.5 Å². The number of hydrogen-bond acceptors (Lipinski definition) is 5. The summed E-state index contributed by atoms with van der Waals surface area (Å²) in [5.74, 6) is -0.0454. The van der Waals surface area contributed by atoms with Gasteiger partial charge >= 0.3 is 11.9 Å². The van der Waals surface area contributed by atoms with Crippen molar-refractivity contribution in [2.45, 2.75) is 20.8 Å². The normalized spacial score (nSPS) is 11.6. The first-order valence-electron chi connectivity index (χ1n) is 7.50. The highest BCUT2D eigenvalue weighted by Gasteiger charge is 2.21. The van der Waals surface area contributed by atoms with Gasteiger partial charge in [-0.2, -0.15) is 0 Å². The lowest BCUT2D eigenvalue weighted by molar-refractivity contribution is -0.133. The van der Waals surface area contributed by atoms with Crippen molar-refractivity contribution in [2.24, 2.45) is 0 Å². The lowest BCUT2D eigenvalue weighted by atomic mass is 10.3. The molecule has 0 saturated carbocycles. The van der Waals surface area contributed by atoms with Gasteiger partial charge in [-0.3, -0.25) is 9.59 Å². The van der Waals surface area contributed by atoms with E-state index in [1.807, 2.05) is 37.3 Å². The molecular formula is C18H19O5P. The Hall–Kier alpha value is -2.23. The third-order valence-electron chi connectivity index (χ3n) is 2.91. The predicted molar refractivity (Wildman–Crippen MR) is 93.3 cm³/mol. The lowest BCUT2D eigenvalue weighted by Gasteiger charge is -2.20. The van der Waals surface area contributed by atoms with Crippen molar-refractivity contribution in [1.82, 2.24) is 0 Å². The van der Waals surface area contributed by atoms with Gasteiger partial charge in [0, 0.05) is 25.8 Å². The van der Waals surface area contributed by atoms with E-state index in [0.29, 0.717) is 23.4 Å². The molecule has 126 valence electrons. The molecule has 6 heteroatoms. The first-order chi connectivity index (χ1) is 11.5. The molecule has 2 aromatic carbocycles. The minimum absolute atomic E-state index is 0.386. The van der Waals surface area contributed by atoms with Crippen molar-refractivity contribution in [3.8, 4) is 11.5 Å². The molecule has 0 fully saturated rings. The molecule has 0 bridgehead atoms. The molecule has 0 heterocycles. The molecule has 2 rings (SSSR count). The number of carbonyl (C=O) groups is 2. The molecule has 24 heavy (non-hydrogen) atoms. The van der Waals surface area contributed by atoms with Crippen LogP contribution in [0.1, 0.15) is 20.8 Å². The molecule has 0 aliphatic heterocycles. The zero-order valence-corrected chi connectivity index (χ0v) is 14.7. The van der Waals surface area contributed by atoms with Gasteiger partial charge in [0.15, 0.2) is 0 Å². The molecule has 0 N–H and O–H groups in total. The molecule has 1 unspecified atom stereocenters. The van der Waals surface area contributed by atoms with E-state index in [9.17, 15) is 9.59 Å². The Morgan fingerprint density at radius 2 is 1.62 bits per heavy atom. The van der Waals surface area contributed by atoms with Crippen LogP contribution in [0.4, 0.5) is 0 Å². The van der Waals surface area contributed by atoms with E-state index in [2.05, 4.69) is 0 Å². The maximum Gasteiger partial charge on any atom is 0.308 e. The van der Waals surface area contributed by atoms with Crippen LogP contribution in [0.5, 0.6) is 11.5 Å². The van der Waals surface area contributed by atoms with Crippen molar-refractivity contribution in [1.29, 1.82) is 0 Å². The highest BCUT2D eigenvalue weighted by atomic mass is 31.1. The Bertz CT molecular complexity index is 715. The molecule has 0 radical (unpaired) electrons. The summed E-state index contributed by atoms with van der Waals surface area (Å²) in [5, 5.41) is 1.66. The fourth-order valence-electron chi connectivity index (χ4n) is 2.10. The minimum atomic E-state index is -1.21. The summed E-state index contributed by atoms with van der Waals surface area (Å²) in [6, 6.07) is 14.6. The average molecular weight is 346 g/mol. The van der Waals surface area contributed by atoms with Crippen molar-refractivity contribution in [3.63, 3.8) is 0 Å². The topological polar surface area (TPSA) is 61.8 Å². The highest BCUT2D eigenvalue weighted by molar-refractivity contribution is 7.68. The Kier molecular flexibility index (Phi) is 6.47. The summed E-state index contributed by atoms with van der Waals surface area (Å²) >= 11 is 0. The van der Waals surface area contributed by atoms with Crippen molar-refractivity contribution < 1.29 is 23.6 Å². The molecule has 1 atom stereocenters. The SMILES string of the molecule is CCOP(c1ccccc1)c1cc(OC(C)=O)ccc1OC(C)=O. The van der Waals surface area contributed by atoms with Crippen LogP contribution in [0.25, 0.3) is 0 Å². The van der Waals surface area contributed by atoms with Gasteiger partial charge in [-0.25, -0.2) is 0 Å². The molecule has 2 aromatic rings. The molecule has 0 aliphatic carbocycles. The number of rotatable bonds is 6. The zero-order chi connectivity index (χ0) is 17.5. The van der Waals surface area contributed by atoms with Crippen molar-refractivity contribution in [2.75, 3.05) is 6.61 Å². The summed E-state index contributed by atoms with van der Waals surface area (Å²) < 4.78 is 16.4. The molecule has 5 nitrogen and oxygen atoms in total. The average Bonchev–Trinajstić information content (AvgIpc) is 2.54. The van der Waals surface area contributed by atoms with Crippen LogP contribution in [0.2, 0.25) is 0 Å². The van der Waals surface area contributed by atoms with Gasteiger partial charge in [0.2, 0.25) is 0 Å².